The van der Waals surface area contributed by atoms with Crippen molar-refractivity contribution in [3.05, 3.63) is 70.9 Å². The van der Waals surface area contributed by atoms with Gasteiger partial charge < -0.3 is 25.0 Å². The highest BCUT2D eigenvalue weighted by Gasteiger charge is 2.23. The summed E-state index contributed by atoms with van der Waals surface area (Å²) >= 11 is 6.17. The van der Waals surface area contributed by atoms with E-state index in [1.807, 2.05) is 30.3 Å². The number of hydrogen-bond donors (Lipinski definition) is 3. The summed E-state index contributed by atoms with van der Waals surface area (Å²) in [5.41, 5.74) is 1.72. The predicted molar refractivity (Wildman–Crippen MR) is 109 cm³/mol. The van der Waals surface area contributed by atoms with Gasteiger partial charge in [0.15, 0.2) is 0 Å². The first-order valence-electron chi connectivity index (χ1n) is 8.93. The molecule has 0 bridgehead atoms. The number of carbonyl (C=O) groups excluding carboxylic acids is 1. The van der Waals surface area contributed by atoms with Crippen molar-refractivity contribution in [1.82, 2.24) is 10.3 Å². The van der Waals surface area contributed by atoms with Crippen LogP contribution in [0.3, 0.4) is 0 Å². The largest absolute Gasteiger partial charge is 0.497 e. The second-order valence-corrected chi connectivity index (χ2v) is 6.74. The number of aliphatic hydroxyl groups excluding tert-OH is 2. The van der Waals surface area contributed by atoms with Gasteiger partial charge in [-0.3, -0.25) is 0 Å². The maximum absolute atomic E-state index is 11.8. The zero-order chi connectivity index (χ0) is 20.8. The van der Waals surface area contributed by atoms with Crippen molar-refractivity contribution in [1.29, 1.82) is 0 Å². The first kappa shape index (κ1) is 20.9. The molecule has 0 spiro atoms. The molecule has 29 heavy (non-hydrogen) atoms. The number of hydrogen-bond acceptors (Lipinski definition) is 6. The Labute approximate surface area is 172 Å². The summed E-state index contributed by atoms with van der Waals surface area (Å²) in [5, 5.41) is 23.9. The van der Waals surface area contributed by atoms with E-state index in [2.05, 4.69) is 10.3 Å². The maximum atomic E-state index is 11.8. The molecule has 8 heteroatoms. The Hall–Kier alpha value is -2.87. The highest BCUT2D eigenvalue weighted by Crippen LogP contribution is 2.29. The molecule has 7 nitrogen and oxygen atoms in total. The molecule has 2 unspecified atom stereocenters. The lowest BCUT2D eigenvalue weighted by Gasteiger charge is -2.20. The number of fused-ring (bicyclic) bond motifs is 1. The van der Waals surface area contributed by atoms with Crippen LogP contribution in [0, 0.1) is 0 Å². The SMILES string of the molecule is COc1ccc2nc(Cl)c(C(O)C(O)CNC(=O)OCc3ccccc3)cc2c1. The van der Waals surface area contributed by atoms with Crippen molar-refractivity contribution in [3.63, 3.8) is 0 Å². The van der Waals surface area contributed by atoms with Gasteiger partial charge >= 0.3 is 6.09 Å². The van der Waals surface area contributed by atoms with Crippen molar-refractivity contribution < 1.29 is 24.5 Å². The number of aliphatic hydroxyl groups is 2. The van der Waals surface area contributed by atoms with Crippen molar-refractivity contribution in [2.45, 2.75) is 18.8 Å². The molecule has 1 amide bonds. The zero-order valence-corrected chi connectivity index (χ0v) is 16.5. The number of nitrogens with one attached hydrogen (secondary N) is 1. The Balaban J connectivity index is 1.61. The van der Waals surface area contributed by atoms with E-state index in [0.29, 0.717) is 16.7 Å². The lowest BCUT2D eigenvalue weighted by atomic mass is 10.0. The standard InChI is InChI=1S/C21H21ClN2O5/c1-28-15-7-8-17-14(9-15)10-16(20(22)24-17)19(26)18(25)11-23-21(27)29-12-13-5-3-2-4-6-13/h2-10,18-19,25-26H,11-12H2,1H3,(H,23,27). The van der Waals surface area contributed by atoms with Crippen molar-refractivity contribution in [2.24, 2.45) is 0 Å². The van der Waals surface area contributed by atoms with E-state index in [9.17, 15) is 15.0 Å². The predicted octanol–water partition coefficient (Wildman–Crippen LogP) is 3.22. The molecule has 0 aliphatic carbocycles. The molecule has 2 aromatic carbocycles. The number of ether oxygens (including phenoxy) is 2. The average Bonchev–Trinajstić information content (AvgIpc) is 2.75. The number of halogens is 1. The van der Waals surface area contributed by atoms with Gasteiger partial charge in [0.2, 0.25) is 0 Å². The Morgan fingerprint density at radius 1 is 1.17 bits per heavy atom. The van der Waals surface area contributed by atoms with E-state index in [-0.39, 0.29) is 23.9 Å². The number of aromatic nitrogens is 1. The highest BCUT2D eigenvalue weighted by atomic mass is 35.5. The van der Waals surface area contributed by atoms with Gasteiger partial charge in [0.25, 0.3) is 0 Å². The quantitative estimate of drug-likeness (QED) is 0.511. The van der Waals surface area contributed by atoms with Crippen molar-refractivity contribution in [3.8, 4) is 5.75 Å². The molecule has 3 N–H and O–H groups in total. The number of nitrogens with zero attached hydrogens (tertiary/aromatic N) is 1. The molecule has 0 aliphatic heterocycles. The van der Waals surface area contributed by atoms with E-state index in [1.54, 1.807) is 31.4 Å². The summed E-state index contributed by atoms with van der Waals surface area (Å²) in [7, 11) is 1.55. The molecule has 0 aliphatic rings. The van der Waals surface area contributed by atoms with Gasteiger partial charge in [-0.15, -0.1) is 0 Å². The van der Waals surface area contributed by atoms with E-state index in [0.717, 1.165) is 5.56 Å². The minimum atomic E-state index is -1.35. The summed E-state index contributed by atoms with van der Waals surface area (Å²) in [6, 6.07) is 16.1. The van der Waals surface area contributed by atoms with Crippen LogP contribution in [0.4, 0.5) is 4.79 Å². The summed E-state index contributed by atoms with van der Waals surface area (Å²) in [4.78, 5) is 16.1. The fourth-order valence-corrected chi connectivity index (χ4v) is 3.02. The fraction of sp³-hybridized carbons (Fsp3) is 0.238. The van der Waals surface area contributed by atoms with Crippen LogP contribution in [0.5, 0.6) is 5.75 Å². The summed E-state index contributed by atoms with van der Waals surface area (Å²) in [6.07, 6.45) is -3.35. The van der Waals surface area contributed by atoms with Gasteiger partial charge in [-0.2, -0.15) is 0 Å². The Bertz CT molecular complexity index is 983. The van der Waals surface area contributed by atoms with Crippen LogP contribution in [0.25, 0.3) is 10.9 Å². The van der Waals surface area contributed by atoms with Crippen LogP contribution >= 0.6 is 11.6 Å². The minimum absolute atomic E-state index is 0.0703. The molecule has 152 valence electrons. The Morgan fingerprint density at radius 2 is 1.93 bits per heavy atom. The van der Waals surface area contributed by atoms with Crippen LogP contribution < -0.4 is 10.1 Å². The molecule has 1 aromatic heterocycles. The smallest absolute Gasteiger partial charge is 0.407 e. The van der Waals surface area contributed by atoms with Crippen molar-refractivity contribution >= 4 is 28.6 Å². The third kappa shape index (κ3) is 5.35. The molecule has 0 radical (unpaired) electrons. The molecule has 2 atom stereocenters. The van der Waals surface area contributed by atoms with Gasteiger partial charge in [0.1, 0.15) is 29.7 Å². The second kappa shape index (κ2) is 9.56. The first-order chi connectivity index (χ1) is 14.0. The number of benzene rings is 2. The third-order valence-corrected chi connectivity index (χ3v) is 4.66. The molecule has 0 saturated heterocycles. The van der Waals surface area contributed by atoms with Crippen LogP contribution in [0.2, 0.25) is 5.15 Å². The summed E-state index contributed by atoms with van der Waals surface area (Å²) < 4.78 is 10.3. The average molecular weight is 417 g/mol. The van der Waals surface area contributed by atoms with E-state index in [1.165, 1.54) is 0 Å². The zero-order valence-electron chi connectivity index (χ0n) is 15.7. The highest BCUT2D eigenvalue weighted by molar-refractivity contribution is 6.30. The van der Waals surface area contributed by atoms with Crippen LogP contribution in [-0.2, 0) is 11.3 Å². The van der Waals surface area contributed by atoms with Crippen molar-refractivity contribution in [2.75, 3.05) is 13.7 Å². The van der Waals surface area contributed by atoms with Gasteiger partial charge in [0, 0.05) is 17.5 Å². The Morgan fingerprint density at radius 3 is 2.66 bits per heavy atom. The fourth-order valence-electron chi connectivity index (χ4n) is 2.76. The molecule has 0 fully saturated rings. The van der Waals surface area contributed by atoms with E-state index < -0.39 is 18.3 Å². The Kier molecular flexibility index (Phi) is 6.87. The molecule has 3 aromatic rings. The van der Waals surface area contributed by atoms with Gasteiger partial charge in [-0.1, -0.05) is 41.9 Å². The molecular formula is C21H21ClN2O5. The van der Waals surface area contributed by atoms with Crippen LogP contribution in [-0.4, -0.2) is 41.0 Å². The number of rotatable bonds is 7. The number of methoxy groups -OCH3 is 1. The van der Waals surface area contributed by atoms with E-state index >= 15 is 0 Å². The third-order valence-electron chi connectivity index (χ3n) is 4.35. The van der Waals surface area contributed by atoms with Crippen LogP contribution in [0.1, 0.15) is 17.2 Å². The van der Waals surface area contributed by atoms with Gasteiger partial charge in [-0.25, -0.2) is 9.78 Å². The second-order valence-electron chi connectivity index (χ2n) is 6.38. The van der Waals surface area contributed by atoms with E-state index in [4.69, 9.17) is 21.1 Å². The first-order valence-corrected chi connectivity index (χ1v) is 9.30. The van der Waals surface area contributed by atoms with Gasteiger partial charge in [0.05, 0.1) is 12.6 Å². The molecule has 0 saturated carbocycles. The lowest BCUT2D eigenvalue weighted by Crippen LogP contribution is -2.35. The maximum Gasteiger partial charge on any atom is 0.407 e. The number of alkyl carbamates (subject to hydrolysis) is 1. The minimum Gasteiger partial charge on any atom is -0.497 e. The number of amides is 1. The molecule has 1 heterocycles. The lowest BCUT2D eigenvalue weighted by molar-refractivity contribution is 0.0183. The molecule has 3 rings (SSSR count). The van der Waals surface area contributed by atoms with Crippen LogP contribution in [0.15, 0.2) is 54.6 Å². The van der Waals surface area contributed by atoms with Gasteiger partial charge in [-0.05, 0) is 29.8 Å². The topological polar surface area (TPSA) is 101 Å². The monoisotopic (exact) mass is 416 g/mol. The number of carbonyl (C=O) groups is 1. The summed E-state index contributed by atoms with van der Waals surface area (Å²) in [5.74, 6) is 0.630. The molecular weight excluding hydrogens is 396 g/mol. The summed E-state index contributed by atoms with van der Waals surface area (Å²) in [6.45, 7) is -0.116. The normalized spacial score (nSPS) is 13.0. The number of pyridine rings is 1.